The zero-order valence-electron chi connectivity index (χ0n) is 15.7. The molecule has 0 atom stereocenters. The molecule has 138 valence electrons. The average molecular weight is 365 g/mol. The quantitative estimate of drug-likeness (QED) is 0.657. The van der Waals surface area contributed by atoms with Crippen molar-refractivity contribution >= 4 is 28.0 Å². The van der Waals surface area contributed by atoms with Crippen LogP contribution in [0.5, 0.6) is 5.75 Å². The van der Waals surface area contributed by atoms with Gasteiger partial charge in [0.15, 0.2) is 5.17 Å². The SMILES string of the molecule is CC.CSC(=N)n1c(=O)n(C)c2cc(OC3CCN(C)CC3)ccc21. The van der Waals surface area contributed by atoms with Gasteiger partial charge in [-0.15, -0.1) is 0 Å². The van der Waals surface area contributed by atoms with Crippen molar-refractivity contribution in [2.45, 2.75) is 32.8 Å². The second-order valence-electron chi connectivity index (χ2n) is 5.96. The van der Waals surface area contributed by atoms with Crippen LogP contribution in [-0.2, 0) is 7.05 Å². The number of nitrogens with zero attached hydrogens (tertiary/aromatic N) is 3. The zero-order valence-corrected chi connectivity index (χ0v) is 16.5. The minimum atomic E-state index is -0.198. The molecule has 2 aromatic rings. The van der Waals surface area contributed by atoms with Gasteiger partial charge in [-0.05, 0) is 38.3 Å². The minimum absolute atomic E-state index is 0.198. The highest BCUT2D eigenvalue weighted by molar-refractivity contribution is 8.13. The molecule has 6 nitrogen and oxygen atoms in total. The molecule has 1 aliphatic rings. The van der Waals surface area contributed by atoms with E-state index in [1.54, 1.807) is 17.9 Å². The fourth-order valence-corrected chi connectivity index (χ4v) is 3.33. The van der Waals surface area contributed by atoms with E-state index in [1.807, 2.05) is 32.0 Å². The number of likely N-dealkylation sites (tertiary alicyclic amines) is 1. The first-order valence-electron chi connectivity index (χ1n) is 8.71. The molecule has 1 aromatic heterocycles. The van der Waals surface area contributed by atoms with Crippen LogP contribution in [0, 0.1) is 5.41 Å². The Morgan fingerprint density at radius 3 is 2.44 bits per heavy atom. The smallest absolute Gasteiger partial charge is 0.335 e. The molecule has 1 aliphatic heterocycles. The molecule has 0 amide bonds. The lowest BCUT2D eigenvalue weighted by molar-refractivity contribution is 0.114. The maximum Gasteiger partial charge on any atom is 0.335 e. The van der Waals surface area contributed by atoms with Crippen molar-refractivity contribution in [2.24, 2.45) is 7.05 Å². The summed E-state index contributed by atoms with van der Waals surface area (Å²) < 4.78 is 9.09. The summed E-state index contributed by atoms with van der Waals surface area (Å²) in [6, 6.07) is 5.66. The molecule has 1 aromatic carbocycles. The van der Waals surface area contributed by atoms with E-state index in [2.05, 4.69) is 11.9 Å². The number of fused-ring (bicyclic) bond motifs is 1. The Hall–Kier alpha value is -1.73. The third-order valence-electron chi connectivity index (χ3n) is 4.39. The Kier molecular flexibility index (Phi) is 6.72. The first-order valence-corrected chi connectivity index (χ1v) is 9.93. The predicted octanol–water partition coefficient (Wildman–Crippen LogP) is 2.99. The molecule has 0 unspecified atom stereocenters. The topological polar surface area (TPSA) is 63.3 Å². The van der Waals surface area contributed by atoms with Crippen LogP contribution in [0.4, 0.5) is 0 Å². The number of hydrogen-bond donors (Lipinski definition) is 1. The van der Waals surface area contributed by atoms with Crippen LogP contribution in [0.2, 0.25) is 0 Å². The Morgan fingerprint density at radius 1 is 1.20 bits per heavy atom. The molecule has 0 radical (unpaired) electrons. The molecule has 0 bridgehead atoms. The van der Waals surface area contributed by atoms with Crippen LogP contribution in [0.1, 0.15) is 26.7 Å². The van der Waals surface area contributed by atoms with Gasteiger partial charge in [0.2, 0.25) is 0 Å². The summed E-state index contributed by atoms with van der Waals surface area (Å²) in [5.74, 6) is 0.787. The first-order chi connectivity index (χ1) is 12.0. The Labute approximate surface area is 153 Å². The third-order valence-corrected chi connectivity index (χ3v) is 4.96. The van der Waals surface area contributed by atoms with Gasteiger partial charge < -0.3 is 9.64 Å². The number of aryl methyl sites for hydroxylation is 1. The highest BCUT2D eigenvalue weighted by atomic mass is 32.2. The second-order valence-corrected chi connectivity index (χ2v) is 6.75. The van der Waals surface area contributed by atoms with Crippen LogP contribution in [0.15, 0.2) is 23.0 Å². The maximum atomic E-state index is 12.4. The van der Waals surface area contributed by atoms with Crippen molar-refractivity contribution in [1.29, 1.82) is 5.41 Å². The lowest BCUT2D eigenvalue weighted by Gasteiger charge is -2.29. The molecular weight excluding hydrogens is 336 g/mol. The van der Waals surface area contributed by atoms with Crippen LogP contribution in [0.25, 0.3) is 11.0 Å². The van der Waals surface area contributed by atoms with Gasteiger partial charge in [0.05, 0.1) is 11.0 Å². The third kappa shape index (κ3) is 4.10. The molecule has 0 aliphatic carbocycles. The highest BCUT2D eigenvalue weighted by Gasteiger charge is 2.19. The Balaban J connectivity index is 0.00000109. The van der Waals surface area contributed by atoms with E-state index in [-0.39, 0.29) is 17.0 Å². The lowest BCUT2D eigenvalue weighted by atomic mass is 10.1. The van der Waals surface area contributed by atoms with Crippen molar-refractivity contribution in [2.75, 3.05) is 26.4 Å². The summed E-state index contributed by atoms with van der Waals surface area (Å²) in [6.07, 6.45) is 4.06. The Morgan fingerprint density at radius 2 is 1.84 bits per heavy atom. The lowest BCUT2D eigenvalue weighted by Crippen LogP contribution is -2.35. The summed E-state index contributed by atoms with van der Waals surface area (Å²) >= 11 is 1.25. The number of ether oxygens (including phenoxy) is 1. The standard InChI is InChI=1S/C16H22N4O2S.C2H6/c1-18-8-6-11(7-9-18)22-12-4-5-13-14(10-12)19(2)16(21)20(13)15(17)23-3;1-2/h4-5,10-11,17H,6-9H2,1-3H3;1-2H3. The number of piperidine rings is 1. The number of rotatable bonds is 2. The van der Waals surface area contributed by atoms with Crippen molar-refractivity contribution in [3.05, 3.63) is 28.7 Å². The van der Waals surface area contributed by atoms with E-state index < -0.39 is 0 Å². The zero-order chi connectivity index (χ0) is 18.6. The molecule has 25 heavy (non-hydrogen) atoms. The summed E-state index contributed by atoms with van der Waals surface area (Å²) in [6.45, 7) is 6.10. The molecule has 0 spiro atoms. The molecule has 0 saturated carbocycles. The molecular formula is C18H28N4O2S. The van der Waals surface area contributed by atoms with E-state index in [0.717, 1.165) is 42.7 Å². The largest absolute Gasteiger partial charge is 0.490 e. The number of imidazole rings is 1. The van der Waals surface area contributed by atoms with E-state index in [1.165, 1.54) is 16.3 Å². The Bertz CT molecular complexity index is 788. The van der Waals surface area contributed by atoms with Crippen molar-refractivity contribution in [1.82, 2.24) is 14.0 Å². The van der Waals surface area contributed by atoms with Gasteiger partial charge in [-0.2, -0.15) is 0 Å². The number of benzene rings is 1. The number of aromatic nitrogens is 2. The fourth-order valence-electron chi connectivity index (χ4n) is 2.97. The van der Waals surface area contributed by atoms with Gasteiger partial charge in [-0.3, -0.25) is 9.98 Å². The fraction of sp³-hybridized carbons (Fsp3) is 0.556. The van der Waals surface area contributed by atoms with E-state index in [4.69, 9.17) is 10.1 Å². The highest BCUT2D eigenvalue weighted by Crippen LogP contribution is 2.24. The monoisotopic (exact) mass is 364 g/mol. The number of thioether (sulfide) groups is 1. The average Bonchev–Trinajstić information content (AvgIpc) is 2.89. The summed E-state index contributed by atoms with van der Waals surface area (Å²) in [5.41, 5.74) is 1.34. The van der Waals surface area contributed by atoms with Gasteiger partial charge in [0, 0.05) is 26.2 Å². The van der Waals surface area contributed by atoms with Gasteiger partial charge in [0.25, 0.3) is 0 Å². The summed E-state index contributed by atoms with van der Waals surface area (Å²) in [5, 5.41) is 8.20. The van der Waals surface area contributed by atoms with Gasteiger partial charge in [-0.25, -0.2) is 9.36 Å². The van der Waals surface area contributed by atoms with E-state index >= 15 is 0 Å². The number of nitrogens with one attached hydrogen (secondary N) is 1. The van der Waals surface area contributed by atoms with Gasteiger partial charge >= 0.3 is 5.69 Å². The van der Waals surface area contributed by atoms with Crippen LogP contribution in [-0.4, -0.2) is 51.7 Å². The van der Waals surface area contributed by atoms with E-state index in [9.17, 15) is 4.79 Å². The number of hydrogen-bond acceptors (Lipinski definition) is 5. The van der Waals surface area contributed by atoms with Crippen LogP contribution < -0.4 is 10.4 Å². The van der Waals surface area contributed by atoms with Gasteiger partial charge in [0.1, 0.15) is 11.9 Å². The molecule has 1 N–H and O–H groups in total. The van der Waals surface area contributed by atoms with Crippen molar-refractivity contribution in [3.8, 4) is 5.75 Å². The summed E-state index contributed by atoms with van der Waals surface area (Å²) in [4.78, 5) is 14.7. The molecule has 1 fully saturated rings. The molecule has 3 rings (SSSR count). The predicted molar refractivity (Wildman–Crippen MR) is 106 cm³/mol. The van der Waals surface area contributed by atoms with Gasteiger partial charge in [-0.1, -0.05) is 25.6 Å². The molecule has 2 heterocycles. The second kappa shape index (κ2) is 8.58. The normalized spacial score (nSPS) is 15.7. The molecule has 1 saturated heterocycles. The summed E-state index contributed by atoms with van der Waals surface area (Å²) in [7, 11) is 3.86. The molecule has 7 heteroatoms. The maximum absolute atomic E-state index is 12.4. The van der Waals surface area contributed by atoms with Crippen molar-refractivity contribution < 1.29 is 4.74 Å². The van der Waals surface area contributed by atoms with Crippen LogP contribution in [0.3, 0.4) is 0 Å². The van der Waals surface area contributed by atoms with Crippen LogP contribution >= 0.6 is 11.8 Å². The minimum Gasteiger partial charge on any atom is -0.490 e. The van der Waals surface area contributed by atoms with E-state index in [0.29, 0.717) is 0 Å². The first kappa shape index (κ1) is 19.6. The van der Waals surface area contributed by atoms with Crippen molar-refractivity contribution in [3.63, 3.8) is 0 Å².